The molecule has 4 N–H and O–H groups in total. The fourth-order valence-electron chi connectivity index (χ4n) is 4.54. The summed E-state index contributed by atoms with van der Waals surface area (Å²) in [6.07, 6.45) is 4.28. The van der Waals surface area contributed by atoms with Gasteiger partial charge in [-0.05, 0) is 73.7 Å². The van der Waals surface area contributed by atoms with Gasteiger partial charge in [0.25, 0.3) is 0 Å². The Kier molecular flexibility index (Phi) is 10.2. The third-order valence-corrected chi connectivity index (χ3v) is 6.61. The smallest absolute Gasteiger partial charge is 0.388 e. The summed E-state index contributed by atoms with van der Waals surface area (Å²) >= 11 is 0. The van der Waals surface area contributed by atoms with E-state index in [1.54, 1.807) is 25.5 Å². The predicted octanol–water partition coefficient (Wildman–Crippen LogP) is 5.31. The van der Waals surface area contributed by atoms with Crippen LogP contribution in [0.1, 0.15) is 42.4 Å². The van der Waals surface area contributed by atoms with Gasteiger partial charge in [-0.1, -0.05) is 24.3 Å². The summed E-state index contributed by atoms with van der Waals surface area (Å²) < 4.78 is 39.1. The first-order chi connectivity index (χ1) is 18.8. The van der Waals surface area contributed by atoms with Crippen LogP contribution in [0.2, 0.25) is 0 Å². The molecule has 1 atom stereocenters. The predicted molar refractivity (Wildman–Crippen MR) is 147 cm³/mol. The van der Waals surface area contributed by atoms with Gasteiger partial charge in [-0.25, -0.2) is 5.84 Å². The molecule has 1 heterocycles. The number of benzene rings is 2. The number of allylic oxidation sites excluding steroid dienone is 1. The van der Waals surface area contributed by atoms with E-state index in [0.29, 0.717) is 55.6 Å². The van der Waals surface area contributed by atoms with Crippen LogP contribution in [-0.4, -0.2) is 31.3 Å². The van der Waals surface area contributed by atoms with Crippen molar-refractivity contribution in [3.8, 4) is 0 Å². The number of para-hydroxylation sites is 1. The number of anilines is 2. The van der Waals surface area contributed by atoms with Crippen molar-refractivity contribution in [2.75, 3.05) is 23.9 Å². The minimum atomic E-state index is -4.45. The molecule has 0 aliphatic carbocycles. The van der Waals surface area contributed by atoms with E-state index in [1.807, 2.05) is 36.4 Å². The highest BCUT2D eigenvalue weighted by Gasteiger charge is 2.33. The fourth-order valence-corrected chi connectivity index (χ4v) is 4.54. The fraction of sp³-hybridized carbons (Fsp3) is 0.276. The summed E-state index contributed by atoms with van der Waals surface area (Å²) in [5, 5.41) is 7.12. The molecule has 39 heavy (non-hydrogen) atoms. The maximum absolute atomic E-state index is 13.0. The van der Waals surface area contributed by atoms with E-state index in [4.69, 9.17) is 5.84 Å². The largest absolute Gasteiger partial charge is 0.416 e. The van der Waals surface area contributed by atoms with Crippen molar-refractivity contribution in [3.05, 3.63) is 95.8 Å². The Morgan fingerprint density at radius 1 is 1.03 bits per heavy atom. The van der Waals surface area contributed by atoms with Crippen molar-refractivity contribution in [1.82, 2.24) is 10.3 Å². The molecule has 0 spiro atoms. The topological polar surface area (TPSA) is 100 Å². The third-order valence-electron chi connectivity index (χ3n) is 6.61. The van der Waals surface area contributed by atoms with Crippen LogP contribution in [-0.2, 0) is 21.2 Å². The molecule has 1 unspecified atom stereocenters. The number of rotatable bonds is 14. The van der Waals surface area contributed by atoms with Crippen LogP contribution in [0, 0.1) is 0 Å². The molecule has 1 amide bonds. The first kappa shape index (κ1) is 29.4. The molecule has 0 aliphatic rings. The molecule has 0 radical (unpaired) electrons. The second-order valence-electron chi connectivity index (χ2n) is 9.03. The molecule has 0 bridgehead atoms. The number of nitrogens with zero attached hydrogens (tertiary/aromatic N) is 2. The molecule has 0 saturated heterocycles. The molecular formula is C29H32F3N5O2. The second-order valence-corrected chi connectivity index (χ2v) is 9.03. The Balaban J connectivity index is 1.86. The molecule has 2 aromatic carbocycles. The number of carbonyl (C=O) groups is 2. The summed E-state index contributed by atoms with van der Waals surface area (Å²) in [5.74, 6) is 6.38. The Morgan fingerprint density at radius 2 is 1.77 bits per heavy atom. The number of halogens is 3. The summed E-state index contributed by atoms with van der Waals surface area (Å²) in [4.78, 5) is 27.6. The van der Waals surface area contributed by atoms with Crippen LogP contribution < -0.4 is 21.5 Å². The lowest BCUT2D eigenvalue weighted by atomic mass is 9.74. The van der Waals surface area contributed by atoms with Crippen molar-refractivity contribution in [2.45, 2.75) is 37.3 Å². The quantitative estimate of drug-likeness (QED) is 0.111. The maximum atomic E-state index is 13.0. The molecule has 3 aromatic rings. The van der Waals surface area contributed by atoms with Gasteiger partial charge in [-0.15, -0.1) is 0 Å². The van der Waals surface area contributed by atoms with E-state index in [-0.39, 0.29) is 0 Å². The van der Waals surface area contributed by atoms with E-state index in [0.717, 1.165) is 29.7 Å². The molecule has 10 heteroatoms. The number of amides is 1. The van der Waals surface area contributed by atoms with Crippen LogP contribution >= 0.6 is 0 Å². The highest BCUT2D eigenvalue weighted by molar-refractivity contribution is 5.78. The SMILES string of the molecule is CNc1ccccc1C(C=O)(CCC/C=C(/c1cccnc1)N(N)c1ccc(C(F)(F)F)cc1)CCNC=O. The van der Waals surface area contributed by atoms with Crippen LogP contribution in [0.15, 0.2) is 79.1 Å². The zero-order valence-corrected chi connectivity index (χ0v) is 21.6. The Labute approximate surface area is 225 Å². The van der Waals surface area contributed by atoms with Gasteiger partial charge in [0.15, 0.2) is 0 Å². The highest BCUT2D eigenvalue weighted by atomic mass is 19.4. The van der Waals surface area contributed by atoms with Gasteiger partial charge in [0.05, 0.1) is 22.4 Å². The van der Waals surface area contributed by atoms with Gasteiger partial charge in [-0.2, -0.15) is 13.2 Å². The number of nitrogens with two attached hydrogens (primary N) is 1. The number of alkyl halides is 3. The first-order valence-corrected chi connectivity index (χ1v) is 12.5. The van der Waals surface area contributed by atoms with Gasteiger partial charge < -0.3 is 15.4 Å². The Bertz CT molecular complexity index is 1250. The van der Waals surface area contributed by atoms with E-state index in [2.05, 4.69) is 15.6 Å². The lowest BCUT2D eigenvalue weighted by Gasteiger charge is -2.31. The molecule has 0 fully saturated rings. The number of aromatic nitrogens is 1. The summed E-state index contributed by atoms with van der Waals surface area (Å²) in [7, 11) is 1.79. The molecular weight excluding hydrogens is 507 g/mol. The minimum absolute atomic E-state index is 0.335. The molecule has 7 nitrogen and oxygen atoms in total. The van der Waals surface area contributed by atoms with Crippen molar-refractivity contribution in [2.24, 2.45) is 5.84 Å². The number of carbonyl (C=O) groups excluding carboxylic acids is 2. The number of unbranched alkanes of at least 4 members (excludes halogenated alkanes) is 1. The molecule has 1 aromatic heterocycles. The highest BCUT2D eigenvalue weighted by Crippen LogP contribution is 2.37. The van der Waals surface area contributed by atoms with Crippen LogP contribution in [0.5, 0.6) is 0 Å². The van der Waals surface area contributed by atoms with E-state index >= 15 is 0 Å². The van der Waals surface area contributed by atoms with Crippen molar-refractivity contribution >= 4 is 29.8 Å². The van der Waals surface area contributed by atoms with Gasteiger partial charge in [0.1, 0.15) is 6.29 Å². The normalized spacial score (nSPS) is 13.3. The monoisotopic (exact) mass is 539 g/mol. The number of aldehydes is 1. The van der Waals surface area contributed by atoms with Crippen LogP contribution in [0.3, 0.4) is 0 Å². The van der Waals surface area contributed by atoms with E-state index in [1.165, 1.54) is 17.1 Å². The van der Waals surface area contributed by atoms with Gasteiger partial charge in [-0.3, -0.25) is 14.8 Å². The third kappa shape index (κ3) is 7.44. The van der Waals surface area contributed by atoms with E-state index < -0.39 is 17.2 Å². The number of hydrogen-bond donors (Lipinski definition) is 3. The lowest BCUT2D eigenvalue weighted by Crippen LogP contribution is -2.33. The number of nitrogens with one attached hydrogen (secondary N) is 2. The Hall–Kier alpha value is -4.18. The second kappa shape index (κ2) is 13.6. The van der Waals surface area contributed by atoms with Gasteiger partial charge in [0.2, 0.25) is 6.41 Å². The van der Waals surface area contributed by atoms with Crippen LogP contribution in [0.4, 0.5) is 24.5 Å². The Morgan fingerprint density at radius 3 is 2.38 bits per heavy atom. The zero-order valence-electron chi connectivity index (χ0n) is 21.6. The molecule has 206 valence electrons. The first-order valence-electron chi connectivity index (χ1n) is 12.5. The molecule has 0 aliphatic heterocycles. The molecule has 0 saturated carbocycles. The summed E-state index contributed by atoms with van der Waals surface area (Å²) in [6, 6.07) is 15.7. The van der Waals surface area contributed by atoms with Gasteiger partial charge in [0, 0.05) is 37.2 Å². The maximum Gasteiger partial charge on any atom is 0.416 e. The van der Waals surface area contributed by atoms with Crippen molar-refractivity contribution in [1.29, 1.82) is 0 Å². The number of hydrazine groups is 1. The zero-order chi connectivity index (χ0) is 28.3. The molecule has 3 rings (SSSR count). The number of hydrogen-bond acceptors (Lipinski definition) is 6. The van der Waals surface area contributed by atoms with Crippen LogP contribution in [0.25, 0.3) is 5.70 Å². The average Bonchev–Trinajstić information content (AvgIpc) is 2.96. The van der Waals surface area contributed by atoms with Gasteiger partial charge >= 0.3 is 6.18 Å². The lowest BCUT2D eigenvalue weighted by molar-refractivity contribution is -0.137. The number of pyridine rings is 1. The summed E-state index contributed by atoms with van der Waals surface area (Å²) in [6.45, 7) is 0.335. The van der Waals surface area contributed by atoms with Crippen molar-refractivity contribution in [3.63, 3.8) is 0 Å². The van der Waals surface area contributed by atoms with Crippen molar-refractivity contribution < 1.29 is 22.8 Å². The van der Waals surface area contributed by atoms with E-state index in [9.17, 15) is 22.8 Å². The standard InChI is InChI=1S/C29H32F3N5O2/c1-34-26-9-3-2-8-25(26)28(20-38,16-18-36-21-39)15-5-4-10-27(22-7-6-17-35-19-22)37(33)24-13-11-23(12-14-24)29(30,31)32/h2-3,6-14,17,19-21,34H,4-5,15-16,18,33H2,1H3,(H,36,39)/b27-10-. The average molecular weight is 540 g/mol. The summed E-state index contributed by atoms with van der Waals surface area (Å²) in [5.41, 5.74) is 1.71. The minimum Gasteiger partial charge on any atom is -0.388 e.